The summed E-state index contributed by atoms with van der Waals surface area (Å²) in [5, 5.41) is 17.1. The molecule has 0 spiro atoms. The largest absolute Gasteiger partial charge is 0.508 e. The fourth-order valence-corrected chi connectivity index (χ4v) is 1.99. The molecule has 0 bridgehead atoms. The van der Waals surface area contributed by atoms with Crippen LogP contribution >= 0.6 is 0 Å². The molecular weight excluding hydrogens is 323 g/mol. The number of nitrogens with zero attached hydrogens (tertiary/aromatic N) is 3. The van der Waals surface area contributed by atoms with Crippen molar-refractivity contribution in [2.45, 2.75) is 12.8 Å². The monoisotopic (exact) mass is 335 g/mol. The van der Waals surface area contributed by atoms with Crippen molar-refractivity contribution in [3.8, 4) is 17.2 Å². The van der Waals surface area contributed by atoms with Crippen molar-refractivity contribution in [1.82, 2.24) is 15.0 Å². The Kier molecular flexibility index (Phi) is 4.11. The lowest BCUT2D eigenvalue weighted by molar-refractivity contribution is -0.137. The number of aromatic nitrogens is 3. The lowest BCUT2D eigenvalue weighted by Gasteiger charge is -2.08. The Hall–Kier alpha value is -3.03. The summed E-state index contributed by atoms with van der Waals surface area (Å²) in [7, 11) is 0. The van der Waals surface area contributed by atoms with E-state index in [4.69, 9.17) is 4.74 Å². The summed E-state index contributed by atoms with van der Waals surface area (Å²) in [5.74, 6) is 0.451. The van der Waals surface area contributed by atoms with Gasteiger partial charge in [-0.2, -0.15) is 13.2 Å². The van der Waals surface area contributed by atoms with Gasteiger partial charge in [-0.15, -0.1) is 5.10 Å². The number of phenols is 1. The Morgan fingerprint density at radius 1 is 1.00 bits per heavy atom. The summed E-state index contributed by atoms with van der Waals surface area (Å²) >= 11 is 0. The number of benzene rings is 2. The van der Waals surface area contributed by atoms with Crippen LogP contribution in [0.2, 0.25) is 0 Å². The molecular formula is C16H12F3N3O2. The number of aromatic hydroxyl groups is 1. The zero-order chi connectivity index (χ0) is 17.2. The fourth-order valence-electron chi connectivity index (χ4n) is 1.99. The van der Waals surface area contributed by atoms with E-state index in [-0.39, 0.29) is 12.4 Å². The zero-order valence-corrected chi connectivity index (χ0v) is 12.2. The number of halogens is 3. The predicted molar refractivity (Wildman–Crippen MR) is 78.8 cm³/mol. The van der Waals surface area contributed by atoms with E-state index in [1.165, 1.54) is 28.9 Å². The minimum Gasteiger partial charge on any atom is -0.508 e. The molecule has 3 aromatic rings. The molecule has 0 atom stereocenters. The van der Waals surface area contributed by atoms with Gasteiger partial charge < -0.3 is 9.84 Å². The second kappa shape index (κ2) is 6.23. The number of rotatable bonds is 4. The number of hydrogen-bond donors (Lipinski definition) is 1. The van der Waals surface area contributed by atoms with Crippen molar-refractivity contribution in [3.63, 3.8) is 0 Å². The first-order valence-electron chi connectivity index (χ1n) is 6.92. The summed E-state index contributed by atoms with van der Waals surface area (Å²) in [6.07, 6.45) is -2.73. The summed E-state index contributed by atoms with van der Waals surface area (Å²) in [5.41, 5.74) is 0.497. The van der Waals surface area contributed by atoms with Gasteiger partial charge in [0.25, 0.3) is 0 Å². The maximum absolute atomic E-state index is 12.5. The van der Waals surface area contributed by atoms with Crippen LogP contribution in [0.25, 0.3) is 5.69 Å². The van der Waals surface area contributed by atoms with Crippen molar-refractivity contribution in [2.75, 3.05) is 0 Å². The van der Waals surface area contributed by atoms with E-state index in [9.17, 15) is 18.3 Å². The van der Waals surface area contributed by atoms with Gasteiger partial charge in [0.1, 0.15) is 23.8 Å². The lowest BCUT2D eigenvalue weighted by Crippen LogP contribution is -2.04. The molecule has 1 aromatic heterocycles. The highest BCUT2D eigenvalue weighted by Gasteiger charge is 2.30. The van der Waals surface area contributed by atoms with Crippen molar-refractivity contribution in [2.24, 2.45) is 0 Å². The minimum absolute atomic E-state index is 0.0729. The number of hydrogen-bond acceptors (Lipinski definition) is 4. The van der Waals surface area contributed by atoms with Crippen LogP contribution in [-0.2, 0) is 12.8 Å². The molecule has 124 valence electrons. The van der Waals surface area contributed by atoms with Crippen LogP contribution in [0.3, 0.4) is 0 Å². The summed E-state index contributed by atoms with van der Waals surface area (Å²) in [4.78, 5) is 0. The second-order valence-corrected chi connectivity index (χ2v) is 4.98. The topological polar surface area (TPSA) is 60.2 Å². The molecule has 0 fully saturated rings. The molecule has 2 aromatic carbocycles. The molecule has 0 saturated heterocycles. The van der Waals surface area contributed by atoms with E-state index in [0.717, 1.165) is 12.1 Å². The summed E-state index contributed by atoms with van der Waals surface area (Å²) < 4.78 is 44.4. The highest BCUT2D eigenvalue weighted by Crippen LogP contribution is 2.30. The predicted octanol–water partition coefficient (Wildman–Crippen LogP) is 3.57. The van der Waals surface area contributed by atoms with E-state index >= 15 is 0 Å². The lowest BCUT2D eigenvalue weighted by atomic mass is 10.2. The standard InChI is InChI=1S/C16H12F3N3O2/c17-16(18,19)11-1-7-15(8-2-11)24-10-12-9-22(21-20-12)13-3-5-14(23)6-4-13/h1-9,23H,10H2. The van der Waals surface area contributed by atoms with Crippen molar-refractivity contribution < 1.29 is 23.0 Å². The van der Waals surface area contributed by atoms with Gasteiger partial charge >= 0.3 is 6.18 Å². The Morgan fingerprint density at radius 3 is 2.29 bits per heavy atom. The molecule has 24 heavy (non-hydrogen) atoms. The molecule has 0 aliphatic carbocycles. The van der Waals surface area contributed by atoms with Crippen LogP contribution in [0.5, 0.6) is 11.5 Å². The van der Waals surface area contributed by atoms with Crippen LogP contribution in [0.4, 0.5) is 13.2 Å². The molecule has 0 radical (unpaired) electrons. The van der Waals surface area contributed by atoms with E-state index in [2.05, 4.69) is 10.3 Å². The molecule has 0 amide bonds. The minimum atomic E-state index is -4.37. The maximum atomic E-state index is 12.5. The second-order valence-electron chi connectivity index (χ2n) is 4.98. The Balaban J connectivity index is 1.64. The van der Waals surface area contributed by atoms with Gasteiger partial charge in [0.2, 0.25) is 0 Å². The molecule has 1 N–H and O–H groups in total. The van der Waals surface area contributed by atoms with Crippen molar-refractivity contribution in [3.05, 3.63) is 66.0 Å². The smallest absolute Gasteiger partial charge is 0.416 e. The molecule has 5 nitrogen and oxygen atoms in total. The third-order valence-corrected chi connectivity index (χ3v) is 3.22. The molecule has 0 saturated carbocycles. The number of ether oxygens (including phenoxy) is 1. The summed E-state index contributed by atoms with van der Waals surface area (Å²) in [6, 6.07) is 10.8. The van der Waals surface area contributed by atoms with Crippen molar-refractivity contribution >= 4 is 0 Å². The van der Waals surface area contributed by atoms with Gasteiger partial charge in [-0.1, -0.05) is 5.21 Å². The molecule has 0 aliphatic rings. The Labute approximate surface area is 134 Å². The first kappa shape index (κ1) is 15.9. The fraction of sp³-hybridized carbons (Fsp3) is 0.125. The SMILES string of the molecule is Oc1ccc(-n2cc(COc3ccc(C(F)(F)F)cc3)nn2)cc1. The van der Waals surface area contributed by atoms with Crippen LogP contribution in [0, 0.1) is 0 Å². The average molecular weight is 335 g/mol. The first-order valence-corrected chi connectivity index (χ1v) is 6.92. The van der Waals surface area contributed by atoms with Gasteiger partial charge in [0.15, 0.2) is 0 Å². The van der Waals surface area contributed by atoms with E-state index in [1.807, 2.05) is 0 Å². The van der Waals surface area contributed by atoms with Gasteiger partial charge in [-0.05, 0) is 48.5 Å². The highest BCUT2D eigenvalue weighted by atomic mass is 19.4. The first-order chi connectivity index (χ1) is 11.4. The maximum Gasteiger partial charge on any atom is 0.416 e. The van der Waals surface area contributed by atoms with E-state index < -0.39 is 11.7 Å². The van der Waals surface area contributed by atoms with Gasteiger partial charge in [-0.3, -0.25) is 0 Å². The van der Waals surface area contributed by atoms with E-state index in [0.29, 0.717) is 17.1 Å². The van der Waals surface area contributed by atoms with Crippen LogP contribution in [0.15, 0.2) is 54.7 Å². The quantitative estimate of drug-likeness (QED) is 0.792. The summed E-state index contributed by atoms with van der Waals surface area (Å²) in [6.45, 7) is 0.0729. The molecule has 1 heterocycles. The molecule has 0 unspecified atom stereocenters. The van der Waals surface area contributed by atoms with Crippen molar-refractivity contribution in [1.29, 1.82) is 0 Å². The Morgan fingerprint density at radius 2 is 1.67 bits per heavy atom. The Bertz CT molecular complexity index is 812. The van der Waals surface area contributed by atoms with Gasteiger partial charge in [0, 0.05) is 0 Å². The zero-order valence-electron chi connectivity index (χ0n) is 12.2. The average Bonchev–Trinajstić information content (AvgIpc) is 3.02. The van der Waals surface area contributed by atoms with Crippen LogP contribution in [0.1, 0.15) is 11.3 Å². The van der Waals surface area contributed by atoms with Gasteiger partial charge in [0.05, 0.1) is 17.4 Å². The van der Waals surface area contributed by atoms with Crippen LogP contribution < -0.4 is 4.74 Å². The number of phenolic OH excluding ortho intramolecular Hbond substituents is 1. The number of alkyl halides is 3. The molecule has 3 rings (SSSR count). The third-order valence-electron chi connectivity index (χ3n) is 3.22. The normalized spacial score (nSPS) is 11.5. The van der Waals surface area contributed by atoms with Crippen LogP contribution in [-0.4, -0.2) is 20.1 Å². The van der Waals surface area contributed by atoms with E-state index in [1.54, 1.807) is 18.3 Å². The third kappa shape index (κ3) is 3.65. The molecule has 0 aliphatic heterocycles. The highest BCUT2D eigenvalue weighted by molar-refractivity contribution is 5.36. The van der Waals surface area contributed by atoms with Gasteiger partial charge in [-0.25, -0.2) is 4.68 Å². The molecule has 8 heteroatoms.